The highest BCUT2D eigenvalue weighted by Gasteiger charge is 2.24. The molecule has 84 valence electrons. The number of nitrogens with zero attached hydrogens (tertiary/aromatic N) is 2. The first-order chi connectivity index (χ1) is 6.95. The van der Waals surface area contributed by atoms with E-state index in [1.54, 1.807) is 18.7 Å². The number of hydrogen-bond acceptors (Lipinski definition) is 5. The third-order valence-electron chi connectivity index (χ3n) is 2.35. The minimum atomic E-state index is -0.454. The Hall–Kier alpha value is -0.810. The van der Waals surface area contributed by atoms with Crippen LogP contribution in [0.4, 0.5) is 5.82 Å². The number of thioether (sulfide) groups is 1. The molecule has 4 nitrogen and oxygen atoms in total. The van der Waals surface area contributed by atoms with Gasteiger partial charge in [0.2, 0.25) is 0 Å². The van der Waals surface area contributed by atoms with Gasteiger partial charge in [0.15, 0.2) is 0 Å². The lowest BCUT2D eigenvalue weighted by atomic mass is 9.99. The van der Waals surface area contributed by atoms with Crippen LogP contribution in [0, 0.1) is 0 Å². The average Bonchev–Trinajstić information content (AvgIpc) is 2.17. The summed E-state index contributed by atoms with van der Waals surface area (Å²) in [6.45, 7) is 5.61. The Kier molecular flexibility index (Phi) is 3.93. The molecule has 1 unspecified atom stereocenters. The molecule has 0 aliphatic heterocycles. The van der Waals surface area contributed by atoms with E-state index in [1.165, 1.54) is 6.33 Å². The number of aliphatic hydroxyl groups is 1. The Labute approximate surface area is 94.5 Å². The van der Waals surface area contributed by atoms with Crippen molar-refractivity contribution in [1.82, 2.24) is 9.97 Å². The summed E-state index contributed by atoms with van der Waals surface area (Å²) < 4.78 is 0. The molecule has 0 bridgehead atoms. The van der Waals surface area contributed by atoms with Crippen molar-refractivity contribution in [2.24, 2.45) is 0 Å². The summed E-state index contributed by atoms with van der Waals surface area (Å²) in [6, 6.07) is 1.87. The molecule has 0 aliphatic carbocycles. The quantitative estimate of drug-likeness (QED) is 0.606. The van der Waals surface area contributed by atoms with Crippen molar-refractivity contribution in [3.63, 3.8) is 0 Å². The van der Waals surface area contributed by atoms with Crippen LogP contribution < -0.4 is 5.32 Å². The highest BCUT2D eigenvalue weighted by molar-refractivity contribution is 7.98. The topological polar surface area (TPSA) is 58.0 Å². The molecule has 0 aromatic carbocycles. The predicted molar refractivity (Wildman–Crippen MR) is 63.2 cm³/mol. The lowest BCUT2D eigenvalue weighted by Crippen LogP contribution is -2.42. The molecule has 1 heterocycles. The number of aromatic nitrogens is 2. The third kappa shape index (κ3) is 3.35. The van der Waals surface area contributed by atoms with E-state index in [0.717, 1.165) is 10.8 Å². The maximum absolute atomic E-state index is 9.56. The zero-order valence-corrected chi connectivity index (χ0v) is 10.3. The number of hydrogen-bond donors (Lipinski definition) is 2. The zero-order chi connectivity index (χ0) is 11.5. The summed E-state index contributed by atoms with van der Waals surface area (Å²) in [7, 11) is 0. The molecule has 0 amide bonds. The van der Waals surface area contributed by atoms with Gasteiger partial charge in [-0.1, -0.05) is 0 Å². The van der Waals surface area contributed by atoms with Crippen LogP contribution in [0.2, 0.25) is 0 Å². The maximum Gasteiger partial charge on any atom is 0.130 e. The van der Waals surface area contributed by atoms with Gasteiger partial charge in [-0.25, -0.2) is 9.97 Å². The zero-order valence-electron chi connectivity index (χ0n) is 9.48. The highest BCUT2D eigenvalue weighted by atomic mass is 32.2. The van der Waals surface area contributed by atoms with Crippen molar-refractivity contribution in [2.45, 2.75) is 37.4 Å². The Morgan fingerprint density at radius 3 is 2.67 bits per heavy atom. The Bertz CT molecular complexity index is 328. The fraction of sp³-hybridized carbons (Fsp3) is 0.600. The molecule has 1 rings (SSSR count). The van der Waals surface area contributed by atoms with Crippen LogP contribution >= 0.6 is 11.8 Å². The first-order valence-corrected chi connectivity index (χ1v) is 6.00. The molecule has 0 saturated carbocycles. The number of aliphatic hydroxyl groups excluding tert-OH is 1. The highest BCUT2D eigenvalue weighted by Crippen LogP contribution is 2.19. The fourth-order valence-electron chi connectivity index (χ4n) is 0.954. The summed E-state index contributed by atoms with van der Waals surface area (Å²) in [5.74, 6) is 0.736. The van der Waals surface area contributed by atoms with E-state index in [0.29, 0.717) is 0 Å². The molecule has 0 aliphatic rings. The van der Waals surface area contributed by atoms with Gasteiger partial charge in [-0.2, -0.15) is 0 Å². The van der Waals surface area contributed by atoms with Gasteiger partial charge in [0.05, 0.1) is 11.6 Å². The Morgan fingerprint density at radius 2 is 2.13 bits per heavy atom. The molecule has 2 N–H and O–H groups in total. The maximum atomic E-state index is 9.56. The van der Waals surface area contributed by atoms with Crippen molar-refractivity contribution in [3.05, 3.63) is 12.4 Å². The van der Waals surface area contributed by atoms with Gasteiger partial charge in [0.1, 0.15) is 17.2 Å². The van der Waals surface area contributed by atoms with E-state index >= 15 is 0 Å². The summed E-state index contributed by atoms with van der Waals surface area (Å²) >= 11 is 1.56. The van der Waals surface area contributed by atoms with Gasteiger partial charge < -0.3 is 10.4 Å². The van der Waals surface area contributed by atoms with Crippen LogP contribution in [-0.4, -0.2) is 33.0 Å². The Morgan fingerprint density at radius 1 is 1.47 bits per heavy atom. The molecule has 0 radical (unpaired) electrons. The van der Waals surface area contributed by atoms with Crippen LogP contribution in [0.5, 0.6) is 0 Å². The molecule has 1 atom stereocenters. The van der Waals surface area contributed by atoms with E-state index in [9.17, 15) is 5.11 Å². The second-order valence-corrected chi connectivity index (χ2v) is 4.79. The molecule has 5 heteroatoms. The monoisotopic (exact) mass is 227 g/mol. The predicted octanol–water partition coefficient (Wildman–Crippen LogP) is 1.77. The van der Waals surface area contributed by atoms with E-state index in [2.05, 4.69) is 15.3 Å². The fourth-order valence-corrected chi connectivity index (χ4v) is 1.34. The van der Waals surface area contributed by atoms with Gasteiger partial charge in [-0.15, -0.1) is 11.8 Å². The third-order valence-corrected chi connectivity index (χ3v) is 2.99. The van der Waals surface area contributed by atoms with E-state index < -0.39 is 11.6 Å². The molecule has 1 aromatic heterocycles. The second kappa shape index (κ2) is 4.81. The summed E-state index contributed by atoms with van der Waals surface area (Å²) in [6.07, 6.45) is 3.03. The second-order valence-electron chi connectivity index (χ2n) is 3.97. The molecular formula is C10H17N3OS. The van der Waals surface area contributed by atoms with Gasteiger partial charge >= 0.3 is 0 Å². The molecule has 15 heavy (non-hydrogen) atoms. The molecule has 0 fully saturated rings. The molecule has 0 spiro atoms. The summed E-state index contributed by atoms with van der Waals surface area (Å²) in [4.78, 5) is 8.19. The van der Waals surface area contributed by atoms with Crippen molar-refractivity contribution in [1.29, 1.82) is 0 Å². The van der Waals surface area contributed by atoms with E-state index in [1.807, 2.05) is 26.2 Å². The molecule has 0 saturated heterocycles. The average molecular weight is 227 g/mol. The first kappa shape index (κ1) is 12.3. The molecular weight excluding hydrogens is 210 g/mol. The van der Waals surface area contributed by atoms with Gasteiger partial charge in [-0.3, -0.25) is 0 Å². The minimum absolute atomic E-state index is 0.399. The first-order valence-electron chi connectivity index (χ1n) is 4.78. The SMILES string of the molecule is CSc1cc(NC(C)(C)C(C)O)ncn1. The standard InChI is InChI=1S/C10H17N3OS/c1-7(14)10(2,3)13-8-5-9(15-4)12-6-11-8/h5-7,14H,1-4H3,(H,11,12,13). The lowest BCUT2D eigenvalue weighted by Gasteiger charge is -2.29. The van der Waals surface area contributed by atoms with Gasteiger partial charge in [0.25, 0.3) is 0 Å². The van der Waals surface area contributed by atoms with Gasteiger partial charge in [0, 0.05) is 6.07 Å². The van der Waals surface area contributed by atoms with E-state index in [4.69, 9.17) is 0 Å². The minimum Gasteiger partial charge on any atom is -0.391 e. The van der Waals surface area contributed by atoms with Crippen LogP contribution in [-0.2, 0) is 0 Å². The van der Waals surface area contributed by atoms with Crippen molar-refractivity contribution >= 4 is 17.6 Å². The van der Waals surface area contributed by atoms with Crippen LogP contribution in [0.25, 0.3) is 0 Å². The number of anilines is 1. The van der Waals surface area contributed by atoms with Crippen molar-refractivity contribution in [3.8, 4) is 0 Å². The number of nitrogens with one attached hydrogen (secondary N) is 1. The summed E-state index contributed by atoms with van der Waals surface area (Å²) in [5.41, 5.74) is -0.399. The summed E-state index contributed by atoms with van der Waals surface area (Å²) in [5, 5.41) is 13.6. The number of rotatable bonds is 4. The van der Waals surface area contributed by atoms with Crippen LogP contribution in [0.15, 0.2) is 17.4 Å². The van der Waals surface area contributed by atoms with E-state index in [-0.39, 0.29) is 0 Å². The molecule has 1 aromatic rings. The van der Waals surface area contributed by atoms with Crippen molar-refractivity contribution in [2.75, 3.05) is 11.6 Å². The smallest absolute Gasteiger partial charge is 0.130 e. The lowest BCUT2D eigenvalue weighted by molar-refractivity contribution is 0.133. The van der Waals surface area contributed by atoms with Gasteiger partial charge in [-0.05, 0) is 27.0 Å². The van der Waals surface area contributed by atoms with Crippen LogP contribution in [0.1, 0.15) is 20.8 Å². The normalized spacial score (nSPS) is 13.7. The Balaban J connectivity index is 2.80. The van der Waals surface area contributed by atoms with Crippen molar-refractivity contribution < 1.29 is 5.11 Å². The van der Waals surface area contributed by atoms with Crippen LogP contribution in [0.3, 0.4) is 0 Å². The largest absolute Gasteiger partial charge is 0.391 e.